The Morgan fingerprint density at radius 1 is 1.36 bits per heavy atom. The Bertz CT molecular complexity index is 1170. The number of nitrogens with zero attached hydrogens (tertiary/aromatic N) is 3. The molecule has 4 aromatic rings. The topological polar surface area (TPSA) is 59.8 Å². The monoisotopic (exact) mass is 414 g/mol. The zero-order valence-corrected chi connectivity index (χ0v) is 16.5. The van der Waals surface area contributed by atoms with Gasteiger partial charge in [-0.1, -0.05) is 11.6 Å². The van der Waals surface area contributed by atoms with E-state index >= 15 is 0 Å². The smallest absolute Gasteiger partial charge is 0.230 e. The summed E-state index contributed by atoms with van der Waals surface area (Å²) in [5.74, 6) is -0.712. The Labute approximate surface area is 169 Å². The molecule has 0 bridgehead atoms. The van der Waals surface area contributed by atoms with Gasteiger partial charge in [0.1, 0.15) is 16.5 Å². The second-order valence-electron chi connectivity index (χ2n) is 6.20. The lowest BCUT2D eigenvalue weighted by Gasteiger charge is -2.06. The van der Waals surface area contributed by atoms with E-state index in [2.05, 4.69) is 26.8 Å². The molecular weight excluding hydrogens is 399 g/mol. The normalized spacial score (nSPS) is 11.1. The second kappa shape index (κ2) is 7.69. The third-order valence-corrected chi connectivity index (χ3v) is 5.54. The van der Waals surface area contributed by atoms with Crippen molar-refractivity contribution in [2.24, 2.45) is 0 Å². The number of benzene rings is 1. The van der Waals surface area contributed by atoms with Gasteiger partial charge in [0, 0.05) is 35.3 Å². The number of hydrogen-bond acceptors (Lipinski definition) is 4. The van der Waals surface area contributed by atoms with Crippen LogP contribution in [0.25, 0.3) is 21.6 Å². The second-order valence-corrected chi connectivity index (χ2v) is 7.46. The van der Waals surface area contributed by atoms with Crippen molar-refractivity contribution in [3.05, 3.63) is 64.6 Å². The van der Waals surface area contributed by atoms with E-state index < -0.39 is 5.82 Å². The van der Waals surface area contributed by atoms with Gasteiger partial charge < -0.3 is 9.88 Å². The summed E-state index contributed by atoms with van der Waals surface area (Å²) in [7, 11) is 0. The summed E-state index contributed by atoms with van der Waals surface area (Å²) >= 11 is 7.44. The lowest BCUT2D eigenvalue weighted by Crippen LogP contribution is -2.14. The van der Waals surface area contributed by atoms with E-state index in [1.165, 1.54) is 23.5 Å². The number of fused-ring (bicyclic) bond motifs is 1. The van der Waals surface area contributed by atoms with Crippen molar-refractivity contribution in [3.8, 4) is 10.6 Å². The van der Waals surface area contributed by atoms with Crippen LogP contribution in [0.1, 0.15) is 12.6 Å². The minimum Gasteiger partial charge on any atom is -0.332 e. The summed E-state index contributed by atoms with van der Waals surface area (Å²) in [6.07, 6.45) is 3.92. The standard InChI is InChI=1S/C20H16ClFN4OS/c1-2-26-10-15(14-4-3-7-23-19(14)26)20-24-13(11-28-20)9-18(27)25-17-6-5-12(22)8-16(17)21/h3-8,10-11H,2,9H2,1H3,(H,25,27). The number of nitrogens with one attached hydrogen (secondary N) is 1. The third-order valence-electron chi connectivity index (χ3n) is 4.30. The van der Waals surface area contributed by atoms with Crippen LogP contribution in [0.2, 0.25) is 5.02 Å². The van der Waals surface area contributed by atoms with Crippen LogP contribution in [0.15, 0.2) is 48.1 Å². The molecule has 0 fully saturated rings. The highest BCUT2D eigenvalue weighted by Crippen LogP contribution is 2.32. The van der Waals surface area contributed by atoms with Gasteiger partial charge in [-0.25, -0.2) is 14.4 Å². The molecule has 0 aliphatic heterocycles. The molecule has 5 nitrogen and oxygen atoms in total. The first kappa shape index (κ1) is 18.6. The highest BCUT2D eigenvalue weighted by Gasteiger charge is 2.15. The van der Waals surface area contributed by atoms with Crippen molar-refractivity contribution in [2.45, 2.75) is 19.9 Å². The number of thiazole rings is 1. The Balaban J connectivity index is 1.54. The number of carbonyl (C=O) groups is 1. The minimum atomic E-state index is -0.451. The van der Waals surface area contributed by atoms with Crippen LogP contribution in [0.5, 0.6) is 0 Å². The first-order valence-corrected chi connectivity index (χ1v) is 9.94. The Hall–Kier alpha value is -2.77. The Kier molecular flexibility index (Phi) is 5.11. The molecule has 0 aliphatic carbocycles. The number of aromatic nitrogens is 3. The summed E-state index contributed by atoms with van der Waals surface area (Å²) in [6, 6.07) is 7.78. The molecule has 1 amide bonds. The molecule has 0 saturated heterocycles. The van der Waals surface area contributed by atoms with Crippen LogP contribution in [0, 0.1) is 5.82 Å². The molecule has 0 radical (unpaired) electrons. The van der Waals surface area contributed by atoms with Gasteiger partial charge in [0.15, 0.2) is 0 Å². The SMILES string of the molecule is CCn1cc(-c2nc(CC(=O)Nc3ccc(F)cc3Cl)cs2)c2cccnc21. The molecule has 1 aromatic carbocycles. The van der Waals surface area contributed by atoms with E-state index in [0.717, 1.165) is 34.2 Å². The quantitative estimate of drug-likeness (QED) is 0.491. The first-order chi connectivity index (χ1) is 13.5. The van der Waals surface area contributed by atoms with E-state index in [9.17, 15) is 9.18 Å². The van der Waals surface area contributed by atoms with E-state index in [-0.39, 0.29) is 17.4 Å². The number of carbonyl (C=O) groups excluding carboxylic acids is 1. The lowest BCUT2D eigenvalue weighted by molar-refractivity contribution is -0.115. The molecule has 1 N–H and O–H groups in total. The largest absolute Gasteiger partial charge is 0.332 e. The van der Waals surface area contributed by atoms with Gasteiger partial charge in [-0.3, -0.25) is 4.79 Å². The van der Waals surface area contributed by atoms with Crippen molar-refractivity contribution < 1.29 is 9.18 Å². The van der Waals surface area contributed by atoms with Gasteiger partial charge in [0.05, 0.1) is 22.8 Å². The van der Waals surface area contributed by atoms with Crippen LogP contribution in [-0.2, 0) is 17.8 Å². The van der Waals surface area contributed by atoms with Crippen molar-refractivity contribution in [1.82, 2.24) is 14.5 Å². The number of anilines is 1. The van der Waals surface area contributed by atoms with Crippen LogP contribution < -0.4 is 5.32 Å². The molecule has 3 aromatic heterocycles. The molecule has 0 atom stereocenters. The predicted octanol–water partition coefficient (Wildman–Crippen LogP) is 5.15. The highest BCUT2D eigenvalue weighted by molar-refractivity contribution is 7.13. The summed E-state index contributed by atoms with van der Waals surface area (Å²) < 4.78 is 15.2. The number of amides is 1. The maximum atomic E-state index is 13.1. The fourth-order valence-electron chi connectivity index (χ4n) is 3.00. The number of halogens is 2. The van der Waals surface area contributed by atoms with Gasteiger partial charge in [0.25, 0.3) is 0 Å². The number of aryl methyl sites for hydroxylation is 1. The minimum absolute atomic E-state index is 0.106. The number of hydrogen-bond donors (Lipinski definition) is 1. The maximum Gasteiger partial charge on any atom is 0.230 e. The van der Waals surface area contributed by atoms with Gasteiger partial charge in [-0.2, -0.15) is 0 Å². The molecule has 0 aliphatic rings. The van der Waals surface area contributed by atoms with Crippen molar-refractivity contribution in [3.63, 3.8) is 0 Å². The Morgan fingerprint density at radius 2 is 2.21 bits per heavy atom. The van der Waals surface area contributed by atoms with Gasteiger partial charge in [-0.15, -0.1) is 11.3 Å². The fourth-order valence-corrected chi connectivity index (χ4v) is 4.05. The number of pyridine rings is 1. The highest BCUT2D eigenvalue weighted by atomic mass is 35.5. The van der Waals surface area contributed by atoms with Crippen LogP contribution in [0.3, 0.4) is 0 Å². The molecule has 0 saturated carbocycles. The number of rotatable bonds is 5. The van der Waals surface area contributed by atoms with Crippen molar-refractivity contribution in [2.75, 3.05) is 5.32 Å². The summed E-state index contributed by atoms with van der Waals surface area (Å²) in [6.45, 7) is 2.88. The Morgan fingerprint density at radius 3 is 3.00 bits per heavy atom. The van der Waals surface area contributed by atoms with Crippen molar-refractivity contribution >= 4 is 45.6 Å². The zero-order chi connectivity index (χ0) is 19.7. The third kappa shape index (κ3) is 3.63. The molecule has 0 unspecified atom stereocenters. The molecule has 142 valence electrons. The molecule has 3 heterocycles. The summed E-state index contributed by atoms with van der Waals surface area (Å²) in [5, 5.41) is 6.59. The van der Waals surface area contributed by atoms with Crippen molar-refractivity contribution in [1.29, 1.82) is 0 Å². The molecule has 28 heavy (non-hydrogen) atoms. The predicted molar refractivity (Wildman–Crippen MR) is 110 cm³/mol. The maximum absolute atomic E-state index is 13.1. The van der Waals surface area contributed by atoms with E-state index in [1.54, 1.807) is 6.20 Å². The van der Waals surface area contributed by atoms with Crippen LogP contribution in [-0.4, -0.2) is 20.4 Å². The van der Waals surface area contributed by atoms with Crippen LogP contribution in [0.4, 0.5) is 10.1 Å². The van der Waals surface area contributed by atoms with Gasteiger partial charge >= 0.3 is 0 Å². The molecule has 0 spiro atoms. The average molecular weight is 415 g/mol. The lowest BCUT2D eigenvalue weighted by atomic mass is 10.2. The van der Waals surface area contributed by atoms with E-state index in [1.807, 2.05) is 23.7 Å². The first-order valence-electron chi connectivity index (χ1n) is 8.68. The van der Waals surface area contributed by atoms with Crippen LogP contribution >= 0.6 is 22.9 Å². The zero-order valence-electron chi connectivity index (χ0n) is 14.9. The molecular formula is C20H16ClFN4OS. The van der Waals surface area contributed by atoms with E-state index in [4.69, 9.17) is 11.6 Å². The fraction of sp³-hybridized carbons (Fsp3) is 0.150. The molecule has 4 rings (SSSR count). The average Bonchev–Trinajstić information content (AvgIpc) is 3.28. The van der Waals surface area contributed by atoms with Gasteiger partial charge in [-0.05, 0) is 37.3 Å². The summed E-state index contributed by atoms with van der Waals surface area (Å²) in [5.41, 5.74) is 2.96. The van der Waals surface area contributed by atoms with Gasteiger partial charge in [0.2, 0.25) is 5.91 Å². The molecule has 8 heteroatoms. The van der Waals surface area contributed by atoms with E-state index in [0.29, 0.717) is 11.4 Å². The summed E-state index contributed by atoms with van der Waals surface area (Å²) in [4.78, 5) is 21.4.